The van der Waals surface area contributed by atoms with Crippen molar-refractivity contribution >= 4 is 5.91 Å². The third-order valence-corrected chi connectivity index (χ3v) is 4.16. The Morgan fingerprint density at radius 1 is 1.12 bits per heavy atom. The molecule has 3 aromatic rings. The number of rotatable bonds is 6. The molecule has 0 aliphatic carbocycles. The molecular weight excluding hydrogens is 314 g/mol. The minimum atomic E-state index is -0.176. The number of amides is 1. The van der Waals surface area contributed by atoms with E-state index in [1.54, 1.807) is 4.68 Å². The molecule has 6 heteroatoms. The first kappa shape index (κ1) is 16.8. The molecule has 2 aromatic carbocycles. The Morgan fingerprint density at radius 2 is 1.84 bits per heavy atom. The van der Waals surface area contributed by atoms with Gasteiger partial charge in [0.1, 0.15) is 0 Å². The summed E-state index contributed by atoms with van der Waals surface area (Å²) in [5, 5.41) is 14.7. The normalized spacial score (nSPS) is 11.9. The van der Waals surface area contributed by atoms with Crippen molar-refractivity contribution in [3.63, 3.8) is 0 Å². The number of hydrogen-bond donors (Lipinski definition) is 1. The average Bonchev–Trinajstić information content (AvgIpc) is 3.11. The molecule has 1 N–H and O–H groups in total. The molecule has 128 valence electrons. The van der Waals surface area contributed by atoms with E-state index >= 15 is 0 Å². The maximum atomic E-state index is 12.6. The highest BCUT2D eigenvalue weighted by molar-refractivity contribution is 5.83. The number of aromatic nitrogens is 4. The van der Waals surface area contributed by atoms with Gasteiger partial charge in [-0.1, -0.05) is 55.0 Å². The minimum absolute atomic E-state index is 0.0212. The van der Waals surface area contributed by atoms with E-state index in [0.29, 0.717) is 5.82 Å². The Bertz CT molecular complexity index is 827. The number of carbonyl (C=O) groups is 1. The van der Waals surface area contributed by atoms with Gasteiger partial charge >= 0.3 is 0 Å². The first-order valence-corrected chi connectivity index (χ1v) is 8.36. The van der Waals surface area contributed by atoms with Crippen molar-refractivity contribution in [1.82, 2.24) is 25.5 Å². The van der Waals surface area contributed by atoms with Crippen LogP contribution in [0.1, 0.15) is 36.2 Å². The van der Waals surface area contributed by atoms with Crippen LogP contribution >= 0.6 is 0 Å². The van der Waals surface area contributed by atoms with Gasteiger partial charge in [-0.2, -0.15) is 4.68 Å². The van der Waals surface area contributed by atoms with Gasteiger partial charge in [-0.3, -0.25) is 4.79 Å². The number of tetrazole rings is 1. The smallest absolute Gasteiger partial charge is 0.227 e. The van der Waals surface area contributed by atoms with Gasteiger partial charge in [0.2, 0.25) is 5.91 Å². The molecule has 0 saturated heterocycles. The van der Waals surface area contributed by atoms with Gasteiger partial charge in [0.05, 0.1) is 18.2 Å². The second kappa shape index (κ2) is 7.70. The zero-order valence-corrected chi connectivity index (χ0v) is 14.4. The molecular formula is C19H21N5O. The Balaban J connectivity index is 1.71. The summed E-state index contributed by atoms with van der Waals surface area (Å²) in [6.45, 7) is 4.32. The van der Waals surface area contributed by atoms with Crippen LogP contribution in [-0.4, -0.2) is 26.1 Å². The van der Waals surface area contributed by atoms with Crippen molar-refractivity contribution < 1.29 is 4.79 Å². The first-order valence-electron chi connectivity index (χ1n) is 8.36. The summed E-state index contributed by atoms with van der Waals surface area (Å²) in [5.41, 5.74) is 3.05. The highest BCUT2D eigenvalue weighted by Crippen LogP contribution is 2.19. The largest absolute Gasteiger partial charge is 0.348 e. The van der Waals surface area contributed by atoms with E-state index in [0.717, 1.165) is 17.7 Å². The van der Waals surface area contributed by atoms with Crippen LogP contribution in [0.25, 0.3) is 5.69 Å². The van der Waals surface area contributed by atoms with E-state index in [1.807, 2.05) is 68.4 Å². The van der Waals surface area contributed by atoms with Gasteiger partial charge in [-0.25, -0.2) is 0 Å². The summed E-state index contributed by atoms with van der Waals surface area (Å²) >= 11 is 0. The number of benzene rings is 2. The minimum Gasteiger partial charge on any atom is -0.348 e. The van der Waals surface area contributed by atoms with Crippen molar-refractivity contribution in [2.24, 2.45) is 0 Å². The summed E-state index contributed by atoms with van der Waals surface area (Å²) in [6.07, 6.45) is 0.735. The van der Waals surface area contributed by atoms with Crippen LogP contribution in [0.15, 0.2) is 54.6 Å². The fourth-order valence-electron chi connectivity index (χ4n) is 2.75. The van der Waals surface area contributed by atoms with Crippen molar-refractivity contribution in [1.29, 1.82) is 0 Å². The molecule has 3 rings (SSSR count). The van der Waals surface area contributed by atoms with Crippen molar-refractivity contribution in [2.75, 3.05) is 0 Å². The van der Waals surface area contributed by atoms with E-state index in [4.69, 9.17) is 0 Å². The fourth-order valence-corrected chi connectivity index (χ4v) is 2.75. The molecule has 0 bridgehead atoms. The predicted molar refractivity (Wildman–Crippen MR) is 95.2 cm³/mol. The van der Waals surface area contributed by atoms with E-state index in [2.05, 4.69) is 20.8 Å². The highest BCUT2D eigenvalue weighted by atomic mass is 16.1. The molecule has 0 spiro atoms. The second-order valence-corrected chi connectivity index (χ2v) is 5.93. The molecule has 0 fully saturated rings. The number of carbonyl (C=O) groups excluding carboxylic acids is 1. The first-order chi connectivity index (χ1) is 12.2. The van der Waals surface area contributed by atoms with Gasteiger partial charge < -0.3 is 5.32 Å². The van der Waals surface area contributed by atoms with Crippen molar-refractivity contribution in [2.45, 2.75) is 32.7 Å². The molecule has 6 nitrogen and oxygen atoms in total. The van der Waals surface area contributed by atoms with Crippen LogP contribution in [0.2, 0.25) is 0 Å². The topological polar surface area (TPSA) is 72.7 Å². The predicted octanol–water partition coefficient (Wildman–Crippen LogP) is 2.78. The summed E-state index contributed by atoms with van der Waals surface area (Å²) in [4.78, 5) is 12.6. The molecule has 1 amide bonds. The summed E-state index contributed by atoms with van der Waals surface area (Å²) in [7, 11) is 0. The lowest BCUT2D eigenvalue weighted by atomic mass is 9.96. The van der Waals surface area contributed by atoms with E-state index in [1.165, 1.54) is 5.56 Å². The average molecular weight is 335 g/mol. The lowest BCUT2D eigenvalue weighted by Crippen LogP contribution is -2.29. The molecule has 0 radical (unpaired) electrons. The highest BCUT2D eigenvalue weighted by Gasteiger charge is 2.19. The molecule has 1 aromatic heterocycles. The third kappa shape index (κ3) is 3.91. The molecule has 0 saturated carbocycles. The molecule has 0 aliphatic rings. The van der Waals surface area contributed by atoms with Gasteiger partial charge in [0.15, 0.2) is 5.82 Å². The standard InChI is InChI=1S/C19H21N5O/c1-3-17(15-7-5-4-6-8-15)19(25)20-13-18-21-22-23-24(18)16-11-9-14(2)10-12-16/h4-12,17H,3,13H2,1-2H3,(H,20,25)/t17-/m0/s1. The van der Waals surface area contributed by atoms with Crippen molar-refractivity contribution in [3.05, 3.63) is 71.5 Å². The quantitative estimate of drug-likeness (QED) is 0.752. The van der Waals surface area contributed by atoms with Crippen LogP contribution in [0.5, 0.6) is 0 Å². The van der Waals surface area contributed by atoms with Gasteiger partial charge in [0, 0.05) is 0 Å². The van der Waals surface area contributed by atoms with Crippen LogP contribution < -0.4 is 5.32 Å². The zero-order chi connectivity index (χ0) is 17.6. The maximum Gasteiger partial charge on any atom is 0.227 e. The molecule has 0 unspecified atom stereocenters. The number of hydrogen-bond acceptors (Lipinski definition) is 4. The van der Waals surface area contributed by atoms with Gasteiger partial charge in [-0.05, 0) is 41.5 Å². The summed E-state index contributed by atoms with van der Waals surface area (Å²) in [5.74, 6) is 0.400. The molecule has 1 heterocycles. The third-order valence-electron chi connectivity index (χ3n) is 4.16. The van der Waals surface area contributed by atoms with Crippen LogP contribution in [0.4, 0.5) is 0 Å². The Hall–Kier alpha value is -3.02. The molecule has 25 heavy (non-hydrogen) atoms. The number of nitrogens with one attached hydrogen (secondary N) is 1. The monoisotopic (exact) mass is 335 g/mol. The van der Waals surface area contributed by atoms with Crippen LogP contribution in [0, 0.1) is 6.92 Å². The Labute approximate surface area is 146 Å². The van der Waals surface area contributed by atoms with Crippen molar-refractivity contribution in [3.8, 4) is 5.69 Å². The van der Waals surface area contributed by atoms with Crippen LogP contribution in [-0.2, 0) is 11.3 Å². The molecule has 1 atom stereocenters. The SMILES string of the molecule is CC[C@H](C(=O)NCc1nnnn1-c1ccc(C)cc1)c1ccccc1. The fraction of sp³-hybridized carbons (Fsp3) is 0.263. The van der Waals surface area contributed by atoms with E-state index in [9.17, 15) is 4.79 Å². The maximum absolute atomic E-state index is 12.6. The summed E-state index contributed by atoms with van der Waals surface area (Å²) in [6, 6.07) is 17.7. The molecule has 0 aliphatic heterocycles. The Morgan fingerprint density at radius 3 is 2.52 bits per heavy atom. The number of aryl methyl sites for hydroxylation is 1. The lowest BCUT2D eigenvalue weighted by Gasteiger charge is -2.15. The second-order valence-electron chi connectivity index (χ2n) is 5.93. The van der Waals surface area contributed by atoms with Gasteiger partial charge in [0.25, 0.3) is 0 Å². The van der Waals surface area contributed by atoms with Crippen LogP contribution in [0.3, 0.4) is 0 Å². The lowest BCUT2D eigenvalue weighted by molar-refractivity contribution is -0.122. The van der Waals surface area contributed by atoms with Gasteiger partial charge in [-0.15, -0.1) is 5.10 Å². The summed E-state index contributed by atoms with van der Waals surface area (Å²) < 4.78 is 1.64. The van der Waals surface area contributed by atoms with E-state index in [-0.39, 0.29) is 18.4 Å². The number of nitrogens with zero attached hydrogens (tertiary/aromatic N) is 4. The Kier molecular flexibility index (Phi) is 5.18. The van der Waals surface area contributed by atoms with E-state index < -0.39 is 0 Å². The zero-order valence-electron chi connectivity index (χ0n) is 14.4.